The van der Waals surface area contributed by atoms with Gasteiger partial charge in [-0.2, -0.15) is 0 Å². The van der Waals surface area contributed by atoms with E-state index in [-0.39, 0.29) is 21.7 Å². The van der Waals surface area contributed by atoms with Crippen molar-refractivity contribution in [2.24, 2.45) is 0 Å². The fourth-order valence-electron chi connectivity index (χ4n) is 13.9. The summed E-state index contributed by atoms with van der Waals surface area (Å²) in [5.74, 6) is 0. The first-order valence-electron chi connectivity index (χ1n) is 24.8. The average molecular weight is 848 g/mol. The van der Waals surface area contributed by atoms with Crippen LogP contribution in [0.25, 0.3) is 33.4 Å². The molecule has 0 unspecified atom stereocenters. The molecule has 0 aromatic heterocycles. The van der Waals surface area contributed by atoms with Crippen LogP contribution in [-0.2, 0) is 39.9 Å². The van der Waals surface area contributed by atoms with E-state index in [1.807, 2.05) is 0 Å². The standard InChI is InChI=1S/C64H65N/c1-40-36-41-20-10-11-21-42(41)37-46(40)48-38-47-45-24-14-17-27-51(45)64(49-25-15-12-22-43(49)44-23-13-16-26-50(44)64)54(47)39-57(48)65(55-30-18-28-52-58(55)62(6,7)34-32-60(52,2)3)56-31-19-29-53-59(56)63(8,9)35-33-61(53,4)5/h12-19,22-31,36-39H,10-11,20-21,32-35H2,1-9H3. The maximum atomic E-state index is 2.82. The largest absolute Gasteiger partial charge is 0.309 e. The predicted octanol–water partition coefficient (Wildman–Crippen LogP) is 17.1. The van der Waals surface area contributed by atoms with E-state index < -0.39 is 5.41 Å². The van der Waals surface area contributed by atoms with Crippen LogP contribution in [0.3, 0.4) is 0 Å². The van der Waals surface area contributed by atoms with Crippen molar-refractivity contribution in [2.45, 2.75) is 141 Å². The molecule has 0 atom stereocenters. The summed E-state index contributed by atoms with van der Waals surface area (Å²) in [5, 5.41) is 0. The molecular weight excluding hydrogens is 783 g/mol. The molecule has 0 bridgehead atoms. The Hall–Kier alpha value is -5.66. The van der Waals surface area contributed by atoms with E-state index in [0.717, 1.165) is 19.3 Å². The summed E-state index contributed by atoms with van der Waals surface area (Å²) < 4.78 is 0. The third-order valence-electron chi connectivity index (χ3n) is 17.5. The summed E-state index contributed by atoms with van der Waals surface area (Å²) >= 11 is 0. The zero-order valence-electron chi connectivity index (χ0n) is 40.3. The molecule has 0 N–H and O–H groups in total. The van der Waals surface area contributed by atoms with Crippen LogP contribution < -0.4 is 4.90 Å². The minimum absolute atomic E-state index is 0.0251. The third-order valence-corrected chi connectivity index (χ3v) is 17.5. The van der Waals surface area contributed by atoms with Crippen LogP contribution in [0.4, 0.5) is 17.1 Å². The fraction of sp³-hybridized carbons (Fsp3) is 0.344. The highest BCUT2D eigenvalue weighted by Gasteiger charge is 2.52. The van der Waals surface area contributed by atoms with Crippen molar-refractivity contribution in [3.8, 4) is 33.4 Å². The molecule has 12 rings (SSSR count). The topological polar surface area (TPSA) is 3.24 Å². The lowest BCUT2D eigenvalue weighted by molar-refractivity contribution is 0.331. The van der Waals surface area contributed by atoms with Crippen molar-refractivity contribution in [1.29, 1.82) is 0 Å². The Labute approximate surface area is 389 Å². The molecule has 1 heteroatoms. The molecule has 65 heavy (non-hydrogen) atoms. The first-order chi connectivity index (χ1) is 31.1. The number of nitrogens with zero attached hydrogens (tertiary/aromatic N) is 1. The Kier molecular flexibility index (Phi) is 8.75. The summed E-state index contributed by atoms with van der Waals surface area (Å²) in [6.07, 6.45) is 9.52. The average Bonchev–Trinajstić information content (AvgIpc) is 3.76. The quantitative estimate of drug-likeness (QED) is 0.171. The molecule has 5 aliphatic carbocycles. The Morgan fingerprint density at radius 2 is 0.785 bits per heavy atom. The number of hydrogen-bond acceptors (Lipinski definition) is 1. The highest BCUT2D eigenvalue weighted by Crippen LogP contribution is 2.65. The van der Waals surface area contributed by atoms with E-state index in [9.17, 15) is 0 Å². The van der Waals surface area contributed by atoms with Gasteiger partial charge in [0.2, 0.25) is 0 Å². The van der Waals surface area contributed by atoms with Gasteiger partial charge in [-0.25, -0.2) is 0 Å². The second-order valence-electron chi connectivity index (χ2n) is 23.2. The lowest BCUT2D eigenvalue weighted by Gasteiger charge is -2.47. The van der Waals surface area contributed by atoms with Gasteiger partial charge in [-0.3, -0.25) is 0 Å². The summed E-state index contributed by atoms with van der Waals surface area (Å²) in [6.45, 7) is 22.4. The monoisotopic (exact) mass is 848 g/mol. The van der Waals surface area contributed by atoms with Crippen LogP contribution in [-0.4, -0.2) is 0 Å². The minimum atomic E-state index is -0.461. The smallest absolute Gasteiger partial charge is 0.0726 e. The van der Waals surface area contributed by atoms with Crippen LogP contribution in [0.15, 0.2) is 133 Å². The number of benzene rings is 7. The number of fused-ring (bicyclic) bond motifs is 13. The zero-order chi connectivity index (χ0) is 44.8. The van der Waals surface area contributed by atoms with Crippen LogP contribution in [0, 0.1) is 6.92 Å². The van der Waals surface area contributed by atoms with Crippen molar-refractivity contribution >= 4 is 17.1 Å². The predicted molar refractivity (Wildman–Crippen MR) is 275 cm³/mol. The van der Waals surface area contributed by atoms with Gasteiger partial charge in [0.05, 0.1) is 22.5 Å². The van der Waals surface area contributed by atoms with Gasteiger partial charge in [0.15, 0.2) is 0 Å². The van der Waals surface area contributed by atoms with Gasteiger partial charge in [-0.1, -0.05) is 165 Å². The molecule has 7 aromatic carbocycles. The lowest BCUT2D eigenvalue weighted by atomic mass is 9.62. The van der Waals surface area contributed by atoms with E-state index in [0.29, 0.717) is 0 Å². The SMILES string of the molecule is Cc1cc2c(cc1-c1cc3c(cc1N(c1cccc4c1C(C)(C)CCC4(C)C)c1cccc4c1C(C)(C)CCC4(C)C)C1(c4ccccc4-c4ccccc41)c1ccccc1-3)CCCC2. The molecule has 0 saturated heterocycles. The van der Waals surface area contributed by atoms with Gasteiger partial charge in [-0.15, -0.1) is 0 Å². The summed E-state index contributed by atoms with van der Waals surface area (Å²) in [7, 11) is 0. The molecule has 1 spiro atoms. The molecule has 0 radical (unpaired) electrons. The highest BCUT2D eigenvalue weighted by molar-refractivity contribution is 6.01. The zero-order valence-corrected chi connectivity index (χ0v) is 40.3. The second-order valence-corrected chi connectivity index (χ2v) is 23.2. The summed E-state index contributed by atoms with van der Waals surface area (Å²) in [4.78, 5) is 2.82. The molecule has 1 nitrogen and oxygen atoms in total. The van der Waals surface area contributed by atoms with E-state index in [1.54, 1.807) is 5.56 Å². The first-order valence-corrected chi connectivity index (χ1v) is 24.8. The van der Waals surface area contributed by atoms with Gasteiger partial charge in [0.25, 0.3) is 0 Å². The summed E-state index contributed by atoms with van der Waals surface area (Å²) in [5.41, 5.74) is 27.7. The number of anilines is 3. The van der Waals surface area contributed by atoms with Gasteiger partial charge < -0.3 is 4.90 Å². The molecule has 0 amide bonds. The number of aryl methyl sites for hydroxylation is 3. The Bertz CT molecular complexity index is 3000. The number of rotatable bonds is 4. The van der Waals surface area contributed by atoms with E-state index in [2.05, 4.69) is 201 Å². The maximum Gasteiger partial charge on any atom is 0.0726 e. The minimum Gasteiger partial charge on any atom is -0.309 e. The molecule has 5 aliphatic rings. The van der Waals surface area contributed by atoms with Gasteiger partial charge in [0, 0.05) is 5.56 Å². The van der Waals surface area contributed by atoms with Crippen molar-refractivity contribution in [3.05, 3.63) is 195 Å². The number of hydrogen-bond donors (Lipinski definition) is 0. The fourth-order valence-corrected chi connectivity index (χ4v) is 13.9. The molecule has 326 valence electrons. The normalized spacial score (nSPS) is 19.3. The molecule has 0 fully saturated rings. The highest BCUT2D eigenvalue weighted by atomic mass is 15.2. The first kappa shape index (κ1) is 40.8. The Balaban J connectivity index is 1.28. The van der Waals surface area contributed by atoms with E-state index in [4.69, 9.17) is 0 Å². The van der Waals surface area contributed by atoms with Gasteiger partial charge in [-0.05, 0) is 193 Å². The van der Waals surface area contributed by atoms with Crippen molar-refractivity contribution in [2.75, 3.05) is 4.90 Å². The van der Waals surface area contributed by atoms with Crippen LogP contribution in [0.1, 0.15) is 155 Å². The van der Waals surface area contributed by atoms with Crippen molar-refractivity contribution < 1.29 is 0 Å². The Morgan fingerprint density at radius 1 is 0.354 bits per heavy atom. The lowest BCUT2D eigenvalue weighted by Crippen LogP contribution is -2.37. The van der Waals surface area contributed by atoms with Gasteiger partial charge >= 0.3 is 0 Å². The van der Waals surface area contributed by atoms with Gasteiger partial charge in [0.1, 0.15) is 0 Å². The van der Waals surface area contributed by atoms with Crippen molar-refractivity contribution in [1.82, 2.24) is 0 Å². The van der Waals surface area contributed by atoms with Crippen LogP contribution in [0.5, 0.6) is 0 Å². The van der Waals surface area contributed by atoms with E-state index in [1.165, 1.54) is 138 Å². The molecule has 7 aromatic rings. The maximum absolute atomic E-state index is 2.82. The third kappa shape index (κ3) is 5.69. The second kappa shape index (κ2) is 13.9. The summed E-state index contributed by atoms with van der Waals surface area (Å²) in [6, 6.07) is 53.2. The van der Waals surface area contributed by atoms with Crippen LogP contribution in [0.2, 0.25) is 0 Å². The van der Waals surface area contributed by atoms with E-state index >= 15 is 0 Å². The molecule has 0 saturated carbocycles. The molecule has 0 aliphatic heterocycles. The van der Waals surface area contributed by atoms with Crippen LogP contribution >= 0.6 is 0 Å². The van der Waals surface area contributed by atoms with Crippen molar-refractivity contribution in [3.63, 3.8) is 0 Å². The molecular formula is C64H65N. The molecule has 0 heterocycles. The Morgan fingerprint density at radius 3 is 1.29 bits per heavy atom.